The van der Waals surface area contributed by atoms with Gasteiger partial charge in [0.05, 0.1) is 6.10 Å². The number of carbonyl (C=O) groups excluding carboxylic acids is 1. The Balaban J connectivity index is 2.73. The number of carbonyl (C=O) groups is 1. The molecule has 1 rings (SSSR count). The highest BCUT2D eigenvalue weighted by molar-refractivity contribution is 5.77. The summed E-state index contributed by atoms with van der Waals surface area (Å²) in [6, 6.07) is 6.06. The minimum absolute atomic E-state index is 0.297. The van der Waals surface area contributed by atoms with Crippen LogP contribution in [-0.4, -0.2) is 18.2 Å². The van der Waals surface area contributed by atoms with Gasteiger partial charge in [0.25, 0.3) is 0 Å². The van der Waals surface area contributed by atoms with Crippen LogP contribution in [0, 0.1) is 11.7 Å². The molecule has 0 saturated heterocycles. The first kappa shape index (κ1) is 17.6. The largest absolute Gasteiger partial charge is 0.377 e. The Bertz CT molecular complexity index is 422. The van der Waals surface area contributed by atoms with Crippen molar-refractivity contribution in [3.63, 3.8) is 0 Å². The van der Waals surface area contributed by atoms with E-state index in [4.69, 9.17) is 9.94 Å². The highest BCUT2D eigenvalue weighted by Crippen LogP contribution is 2.27. The Kier molecular flexibility index (Phi) is 7.93. The molecule has 0 aliphatic rings. The molecule has 1 aromatic carbocycles. The van der Waals surface area contributed by atoms with Gasteiger partial charge in [-0.05, 0) is 30.5 Å². The average molecular weight is 297 g/mol. The zero-order chi connectivity index (χ0) is 15.7. The van der Waals surface area contributed by atoms with Gasteiger partial charge in [-0.25, -0.2) is 9.87 Å². The number of hydroxylamine groups is 1. The molecular formula is C16H24FNO3. The second kappa shape index (κ2) is 9.47. The molecular weight excluding hydrogens is 273 g/mol. The normalized spacial score (nSPS) is 13.7. The van der Waals surface area contributed by atoms with E-state index in [1.807, 2.05) is 0 Å². The number of amides is 1. The Morgan fingerprint density at radius 2 is 2.00 bits per heavy atom. The molecule has 0 aliphatic heterocycles. The summed E-state index contributed by atoms with van der Waals surface area (Å²) in [5.74, 6) is -1.02. The van der Waals surface area contributed by atoms with Crippen molar-refractivity contribution in [2.75, 3.05) is 7.11 Å². The number of benzene rings is 1. The summed E-state index contributed by atoms with van der Waals surface area (Å²) in [6.07, 6.45) is 3.89. The fraction of sp³-hybridized carbons (Fsp3) is 0.562. The van der Waals surface area contributed by atoms with Gasteiger partial charge in [-0.2, -0.15) is 0 Å². The van der Waals surface area contributed by atoms with Crippen LogP contribution in [-0.2, 0) is 9.53 Å². The number of nitrogens with one attached hydrogen (secondary N) is 1. The van der Waals surface area contributed by atoms with Gasteiger partial charge >= 0.3 is 0 Å². The van der Waals surface area contributed by atoms with Gasteiger partial charge in [0.1, 0.15) is 5.82 Å². The van der Waals surface area contributed by atoms with Crippen molar-refractivity contribution in [1.29, 1.82) is 0 Å². The van der Waals surface area contributed by atoms with Gasteiger partial charge in [-0.1, -0.05) is 38.3 Å². The maximum Gasteiger partial charge on any atom is 0.246 e. The van der Waals surface area contributed by atoms with Crippen molar-refractivity contribution in [2.24, 2.45) is 5.92 Å². The second-order valence-corrected chi connectivity index (χ2v) is 5.18. The fourth-order valence-electron chi connectivity index (χ4n) is 2.39. The quantitative estimate of drug-likeness (QED) is 0.416. The van der Waals surface area contributed by atoms with Gasteiger partial charge in [-0.3, -0.25) is 10.0 Å². The van der Waals surface area contributed by atoms with Crippen LogP contribution in [0.4, 0.5) is 4.39 Å². The predicted octanol–water partition coefficient (Wildman–Crippen LogP) is 3.61. The van der Waals surface area contributed by atoms with Crippen molar-refractivity contribution in [3.8, 4) is 0 Å². The maximum absolute atomic E-state index is 13.0. The molecule has 2 atom stereocenters. The van der Waals surface area contributed by atoms with Crippen molar-refractivity contribution >= 4 is 5.91 Å². The van der Waals surface area contributed by atoms with Crippen LogP contribution in [0.15, 0.2) is 24.3 Å². The number of unbranched alkanes of at least 4 members (excludes halogenated alkanes) is 2. The first-order valence-electron chi connectivity index (χ1n) is 7.34. The van der Waals surface area contributed by atoms with Gasteiger partial charge in [-0.15, -0.1) is 0 Å². The monoisotopic (exact) mass is 297 g/mol. The summed E-state index contributed by atoms with van der Waals surface area (Å²) >= 11 is 0. The van der Waals surface area contributed by atoms with E-state index in [1.54, 1.807) is 24.7 Å². The highest BCUT2D eigenvalue weighted by Gasteiger charge is 2.23. The molecule has 0 fully saturated rings. The van der Waals surface area contributed by atoms with Gasteiger partial charge in [0, 0.05) is 13.0 Å². The number of ether oxygens (including phenoxy) is 1. The molecule has 118 valence electrons. The van der Waals surface area contributed by atoms with E-state index in [2.05, 4.69) is 6.92 Å². The van der Waals surface area contributed by atoms with E-state index < -0.39 is 5.91 Å². The van der Waals surface area contributed by atoms with Crippen molar-refractivity contribution in [3.05, 3.63) is 35.6 Å². The molecule has 0 aromatic heterocycles. The lowest BCUT2D eigenvalue weighted by atomic mass is 9.91. The lowest BCUT2D eigenvalue weighted by molar-refractivity contribution is -0.135. The summed E-state index contributed by atoms with van der Waals surface area (Å²) < 4.78 is 18.4. The smallest absolute Gasteiger partial charge is 0.246 e. The molecule has 0 aliphatic carbocycles. The van der Waals surface area contributed by atoms with Crippen LogP contribution in [0.3, 0.4) is 0 Å². The van der Waals surface area contributed by atoms with Crippen molar-refractivity contribution in [1.82, 2.24) is 5.48 Å². The van der Waals surface area contributed by atoms with E-state index in [0.717, 1.165) is 24.8 Å². The van der Waals surface area contributed by atoms with Crippen LogP contribution in [0.5, 0.6) is 0 Å². The molecule has 0 unspecified atom stereocenters. The SMILES string of the molecule is CCCCC[C@H](C[C@@H](OC)c1ccc(F)cc1)C(=O)NO. The highest BCUT2D eigenvalue weighted by atomic mass is 19.1. The molecule has 0 heterocycles. The van der Waals surface area contributed by atoms with E-state index in [-0.39, 0.29) is 17.8 Å². The molecule has 0 radical (unpaired) electrons. The minimum atomic E-state index is -0.393. The van der Waals surface area contributed by atoms with E-state index >= 15 is 0 Å². The Hall–Kier alpha value is -1.46. The molecule has 5 heteroatoms. The molecule has 0 bridgehead atoms. The van der Waals surface area contributed by atoms with Crippen LogP contribution in [0.2, 0.25) is 0 Å². The third kappa shape index (κ3) is 5.81. The Labute approximate surface area is 125 Å². The predicted molar refractivity (Wildman–Crippen MR) is 78.3 cm³/mol. The fourth-order valence-corrected chi connectivity index (χ4v) is 2.39. The van der Waals surface area contributed by atoms with Crippen molar-refractivity contribution in [2.45, 2.75) is 45.1 Å². The third-order valence-corrected chi connectivity index (χ3v) is 3.66. The van der Waals surface area contributed by atoms with Crippen molar-refractivity contribution < 1.29 is 19.1 Å². The van der Waals surface area contributed by atoms with Gasteiger partial charge in [0.15, 0.2) is 0 Å². The second-order valence-electron chi connectivity index (χ2n) is 5.18. The van der Waals surface area contributed by atoms with Gasteiger partial charge < -0.3 is 4.74 Å². The van der Waals surface area contributed by atoms with Crippen LogP contribution < -0.4 is 5.48 Å². The lowest BCUT2D eigenvalue weighted by Crippen LogP contribution is -2.29. The van der Waals surface area contributed by atoms with Crippen LogP contribution >= 0.6 is 0 Å². The van der Waals surface area contributed by atoms with E-state index in [9.17, 15) is 9.18 Å². The summed E-state index contributed by atoms with van der Waals surface area (Å²) in [6.45, 7) is 2.09. The zero-order valence-corrected chi connectivity index (χ0v) is 12.6. The molecule has 21 heavy (non-hydrogen) atoms. The molecule has 0 saturated carbocycles. The number of rotatable bonds is 9. The Morgan fingerprint density at radius 1 is 1.33 bits per heavy atom. The number of hydrogen-bond donors (Lipinski definition) is 2. The van der Waals surface area contributed by atoms with Crippen LogP contribution in [0.25, 0.3) is 0 Å². The van der Waals surface area contributed by atoms with Gasteiger partial charge in [0.2, 0.25) is 5.91 Å². The van der Waals surface area contributed by atoms with E-state index in [1.165, 1.54) is 12.1 Å². The standard InChI is InChI=1S/C16H24FNO3/c1-3-4-5-6-13(16(19)18-20)11-15(21-2)12-7-9-14(17)10-8-12/h7-10,13,15,20H,3-6,11H2,1-2H3,(H,18,19)/t13-,15-/m1/s1. The first-order chi connectivity index (χ1) is 10.1. The number of halogens is 1. The summed E-state index contributed by atoms with van der Waals surface area (Å²) in [7, 11) is 1.56. The maximum atomic E-state index is 13.0. The van der Waals surface area contributed by atoms with E-state index in [0.29, 0.717) is 12.8 Å². The lowest BCUT2D eigenvalue weighted by Gasteiger charge is -2.21. The Morgan fingerprint density at radius 3 is 2.52 bits per heavy atom. The number of hydrogen-bond acceptors (Lipinski definition) is 3. The summed E-state index contributed by atoms with van der Waals surface area (Å²) in [5.41, 5.74) is 2.55. The summed E-state index contributed by atoms with van der Waals surface area (Å²) in [4.78, 5) is 11.8. The minimum Gasteiger partial charge on any atom is -0.377 e. The third-order valence-electron chi connectivity index (χ3n) is 3.66. The molecule has 2 N–H and O–H groups in total. The molecule has 4 nitrogen and oxygen atoms in total. The summed E-state index contributed by atoms with van der Waals surface area (Å²) in [5, 5.41) is 8.86. The average Bonchev–Trinajstić information content (AvgIpc) is 2.51. The van der Waals surface area contributed by atoms with Crippen LogP contribution in [0.1, 0.15) is 50.7 Å². The molecule has 1 aromatic rings. The molecule has 1 amide bonds. The first-order valence-corrected chi connectivity index (χ1v) is 7.34. The topological polar surface area (TPSA) is 58.6 Å². The zero-order valence-electron chi connectivity index (χ0n) is 12.6. The molecule has 0 spiro atoms. The number of methoxy groups -OCH3 is 1.